The molecule has 1 atom stereocenters. The van der Waals surface area contributed by atoms with Crippen molar-refractivity contribution in [2.24, 2.45) is 0 Å². The molecule has 4 nitrogen and oxygen atoms in total. The maximum Gasteiger partial charge on any atom is 0.345 e. The molecule has 1 N–H and O–H groups in total. The zero-order chi connectivity index (χ0) is 13.1. The lowest BCUT2D eigenvalue weighted by atomic mass is 10.2. The Labute approximate surface area is 112 Å². The smallest absolute Gasteiger partial charge is 0.345 e. The predicted molar refractivity (Wildman–Crippen MR) is 74.8 cm³/mol. The molecule has 1 aromatic heterocycles. The third kappa shape index (κ3) is 2.84. The topological polar surface area (TPSA) is 43.8 Å². The molecule has 0 aromatic carbocycles. The molecule has 5 heteroatoms. The van der Waals surface area contributed by atoms with Crippen molar-refractivity contribution in [2.45, 2.75) is 26.3 Å². The zero-order valence-corrected chi connectivity index (χ0v) is 11.7. The van der Waals surface area contributed by atoms with Crippen LogP contribution in [0, 0.1) is 0 Å². The van der Waals surface area contributed by atoms with Crippen molar-refractivity contribution in [1.82, 2.24) is 4.90 Å². The minimum atomic E-state index is -0.829. The quantitative estimate of drug-likeness (QED) is 0.910. The molecule has 1 unspecified atom stereocenters. The third-order valence-corrected chi connectivity index (χ3v) is 4.78. The van der Waals surface area contributed by atoms with Crippen LogP contribution >= 0.6 is 11.3 Å². The fraction of sp³-hybridized carbons (Fsp3) is 0.615. The van der Waals surface area contributed by atoms with E-state index in [0.717, 1.165) is 31.2 Å². The second-order valence-corrected chi connectivity index (χ2v) is 5.79. The van der Waals surface area contributed by atoms with E-state index in [2.05, 4.69) is 23.6 Å². The lowest BCUT2D eigenvalue weighted by Crippen LogP contribution is -2.49. The van der Waals surface area contributed by atoms with Crippen LogP contribution in [-0.4, -0.2) is 48.2 Å². The summed E-state index contributed by atoms with van der Waals surface area (Å²) in [6, 6.07) is 4.27. The number of nitrogens with zero attached hydrogens (tertiary/aromatic N) is 2. The first-order valence-electron chi connectivity index (χ1n) is 6.44. The summed E-state index contributed by atoms with van der Waals surface area (Å²) in [5, 5.41) is 10.0. The Kier molecular flexibility index (Phi) is 4.24. The first-order chi connectivity index (χ1) is 8.61. The molecule has 1 aliphatic rings. The summed E-state index contributed by atoms with van der Waals surface area (Å²) in [6.45, 7) is 8.59. The van der Waals surface area contributed by atoms with Gasteiger partial charge in [0.05, 0.1) is 5.00 Å². The van der Waals surface area contributed by atoms with Gasteiger partial charge in [0.15, 0.2) is 0 Å². The van der Waals surface area contributed by atoms with Gasteiger partial charge in [-0.2, -0.15) is 0 Å². The molecular weight excluding hydrogens is 248 g/mol. The van der Waals surface area contributed by atoms with E-state index < -0.39 is 5.97 Å². The lowest BCUT2D eigenvalue weighted by Gasteiger charge is -2.38. The van der Waals surface area contributed by atoms with Gasteiger partial charge in [0.25, 0.3) is 0 Å². The Bertz CT molecular complexity index is 411. The van der Waals surface area contributed by atoms with Gasteiger partial charge in [-0.25, -0.2) is 4.79 Å². The first kappa shape index (κ1) is 13.4. The van der Waals surface area contributed by atoms with Crippen molar-refractivity contribution in [1.29, 1.82) is 0 Å². The average Bonchev–Trinajstić information content (AvgIpc) is 2.88. The van der Waals surface area contributed by atoms with Crippen molar-refractivity contribution in [3.63, 3.8) is 0 Å². The highest BCUT2D eigenvalue weighted by Crippen LogP contribution is 2.27. The van der Waals surface area contributed by atoms with Gasteiger partial charge < -0.3 is 10.0 Å². The average molecular weight is 268 g/mol. The van der Waals surface area contributed by atoms with Gasteiger partial charge in [-0.05, 0) is 25.5 Å². The van der Waals surface area contributed by atoms with Crippen LogP contribution in [0.5, 0.6) is 0 Å². The molecule has 2 rings (SSSR count). The normalized spacial score (nSPS) is 18.9. The molecule has 100 valence electrons. The molecule has 1 aliphatic heterocycles. The molecule has 2 heterocycles. The number of aromatic carboxylic acids is 1. The Hall–Kier alpha value is -1.07. The summed E-state index contributed by atoms with van der Waals surface area (Å²) in [6.07, 6.45) is 1.18. The van der Waals surface area contributed by atoms with Crippen molar-refractivity contribution in [2.75, 3.05) is 31.1 Å². The van der Waals surface area contributed by atoms with Gasteiger partial charge in [-0.1, -0.05) is 6.92 Å². The summed E-state index contributed by atoms with van der Waals surface area (Å²) in [4.78, 5) is 16.1. The largest absolute Gasteiger partial charge is 0.477 e. The van der Waals surface area contributed by atoms with E-state index in [4.69, 9.17) is 5.11 Å². The van der Waals surface area contributed by atoms with Crippen LogP contribution in [-0.2, 0) is 0 Å². The monoisotopic (exact) mass is 268 g/mol. The molecule has 0 saturated carbocycles. The van der Waals surface area contributed by atoms with E-state index in [1.807, 2.05) is 6.07 Å². The summed E-state index contributed by atoms with van der Waals surface area (Å²) < 4.78 is 0. The first-order valence-corrected chi connectivity index (χ1v) is 7.25. The second-order valence-electron chi connectivity index (χ2n) is 4.72. The molecule has 0 spiro atoms. The number of thiophene rings is 1. The van der Waals surface area contributed by atoms with Crippen LogP contribution < -0.4 is 4.90 Å². The predicted octanol–water partition coefficient (Wildman–Crippen LogP) is 2.37. The lowest BCUT2D eigenvalue weighted by molar-refractivity contribution is 0.0702. The molecular formula is C13H20N2O2S. The third-order valence-electron chi connectivity index (χ3n) is 3.64. The van der Waals surface area contributed by atoms with E-state index in [0.29, 0.717) is 10.9 Å². The van der Waals surface area contributed by atoms with Crippen LogP contribution in [0.4, 0.5) is 5.00 Å². The number of hydrogen-bond acceptors (Lipinski definition) is 4. The standard InChI is InChI=1S/C13H20N2O2S/c1-3-10(2)14-6-8-15(9-7-14)12-5-4-11(18-12)13(16)17/h4-5,10H,3,6-9H2,1-2H3,(H,16,17). The van der Waals surface area contributed by atoms with Crippen molar-refractivity contribution in [3.05, 3.63) is 17.0 Å². The maximum absolute atomic E-state index is 10.9. The maximum atomic E-state index is 10.9. The van der Waals surface area contributed by atoms with Gasteiger partial charge in [0.1, 0.15) is 4.88 Å². The van der Waals surface area contributed by atoms with Gasteiger partial charge in [-0.3, -0.25) is 4.90 Å². The highest BCUT2D eigenvalue weighted by atomic mass is 32.1. The van der Waals surface area contributed by atoms with Crippen LogP contribution in [0.1, 0.15) is 29.9 Å². The van der Waals surface area contributed by atoms with Crippen LogP contribution in [0.25, 0.3) is 0 Å². The minimum Gasteiger partial charge on any atom is -0.477 e. The number of carbonyl (C=O) groups is 1. The van der Waals surface area contributed by atoms with Gasteiger partial charge in [-0.15, -0.1) is 11.3 Å². The molecule has 0 amide bonds. The zero-order valence-electron chi connectivity index (χ0n) is 10.9. The number of anilines is 1. The number of carboxylic acids is 1. The second kappa shape index (κ2) is 5.71. The highest BCUT2D eigenvalue weighted by Gasteiger charge is 2.21. The van der Waals surface area contributed by atoms with Gasteiger partial charge in [0.2, 0.25) is 0 Å². The van der Waals surface area contributed by atoms with Crippen molar-refractivity contribution < 1.29 is 9.90 Å². The van der Waals surface area contributed by atoms with Crippen LogP contribution in [0.2, 0.25) is 0 Å². The van der Waals surface area contributed by atoms with E-state index in [9.17, 15) is 4.79 Å². The molecule has 0 radical (unpaired) electrons. The highest BCUT2D eigenvalue weighted by molar-refractivity contribution is 7.17. The summed E-state index contributed by atoms with van der Waals surface area (Å²) in [5.41, 5.74) is 0. The summed E-state index contributed by atoms with van der Waals surface area (Å²) >= 11 is 1.37. The Balaban J connectivity index is 1.94. The SMILES string of the molecule is CCC(C)N1CCN(c2ccc(C(=O)O)s2)CC1. The van der Waals surface area contributed by atoms with E-state index >= 15 is 0 Å². The number of hydrogen-bond donors (Lipinski definition) is 1. The molecule has 18 heavy (non-hydrogen) atoms. The van der Waals surface area contributed by atoms with Gasteiger partial charge >= 0.3 is 5.97 Å². The van der Waals surface area contributed by atoms with Crippen LogP contribution in [0.15, 0.2) is 12.1 Å². The Morgan fingerprint density at radius 3 is 2.56 bits per heavy atom. The number of rotatable bonds is 4. The van der Waals surface area contributed by atoms with E-state index in [-0.39, 0.29) is 0 Å². The molecule has 1 fully saturated rings. The number of carboxylic acid groups (broad SMARTS) is 1. The molecule has 1 aromatic rings. The summed E-state index contributed by atoms with van der Waals surface area (Å²) in [7, 11) is 0. The number of piperazine rings is 1. The molecule has 1 saturated heterocycles. The fourth-order valence-electron chi connectivity index (χ4n) is 2.25. The van der Waals surface area contributed by atoms with E-state index in [1.165, 1.54) is 17.8 Å². The summed E-state index contributed by atoms with van der Waals surface area (Å²) in [5.74, 6) is -0.829. The Morgan fingerprint density at radius 2 is 2.06 bits per heavy atom. The van der Waals surface area contributed by atoms with E-state index in [1.54, 1.807) is 6.07 Å². The van der Waals surface area contributed by atoms with Crippen LogP contribution in [0.3, 0.4) is 0 Å². The minimum absolute atomic E-state index is 0.425. The van der Waals surface area contributed by atoms with Crippen molar-refractivity contribution >= 4 is 22.3 Å². The Morgan fingerprint density at radius 1 is 1.39 bits per heavy atom. The van der Waals surface area contributed by atoms with Crippen molar-refractivity contribution in [3.8, 4) is 0 Å². The molecule has 0 bridgehead atoms. The van der Waals surface area contributed by atoms with Gasteiger partial charge in [0, 0.05) is 32.2 Å². The molecule has 0 aliphatic carbocycles. The fourth-order valence-corrected chi connectivity index (χ4v) is 3.15.